The fourth-order valence-corrected chi connectivity index (χ4v) is 4.53. The lowest BCUT2D eigenvalue weighted by Crippen LogP contribution is -2.47. The zero-order chi connectivity index (χ0) is 16.7. The molecule has 23 heavy (non-hydrogen) atoms. The molecular formula is C16H20N2O4S. The van der Waals surface area contributed by atoms with E-state index in [1.54, 1.807) is 29.8 Å². The van der Waals surface area contributed by atoms with Crippen molar-refractivity contribution in [2.45, 2.75) is 31.3 Å². The second-order valence-electron chi connectivity index (χ2n) is 5.84. The highest BCUT2D eigenvalue weighted by molar-refractivity contribution is 7.99. The second kappa shape index (κ2) is 5.96. The van der Waals surface area contributed by atoms with Gasteiger partial charge < -0.3 is 19.7 Å². The minimum Gasteiger partial charge on any atom is -0.493 e. The molecule has 2 amide bonds. The highest BCUT2D eigenvalue weighted by atomic mass is 32.2. The molecule has 0 aliphatic carbocycles. The van der Waals surface area contributed by atoms with Crippen molar-refractivity contribution in [2.75, 3.05) is 20.0 Å². The molecule has 2 aliphatic heterocycles. The third kappa shape index (κ3) is 2.43. The number of nitrogens with zero attached hydrogens (tertiary/aromatic N) is 1. The summed E-state index contributed by atoms with van der Waals surface area (Å²) in [5.74, 6) is 1.28. The monoisotopic (exact) mass is 336 g/mol. The fourth-order valence-electron chi connectivity index (χ4n) is 3.07. The van der Waals surface area contributed by atoms with Crippen LogP contribution in [0.2, 0.25) is 0 Å². The zero-order valence-electron chi connectivity index (χ0n) is 13.6. The van der Waals surface area contributed by atoms with Crippen molar-refractivity contribution in [3.8, 4) is 11.5 Å². The summed E-state index contributed by atoms with van der Waals surface area (Å²) >= 11 is 1.60. The molecule has 7 heteroatoms. The van der Waals surface area contributed by atoms with Crippen molar-refractivity contribution >= 4 is 23.6 Å². The molecule has 1 aromatic carbocycles. The summed E-state index contributed by atoms with van der Waals surface area (Å²) in [7, 11) is 3.06. The number of methoxy groups -OCH3 is 2. The fraction of sp³-hybridized carbons (Fsp3) is 0.500. The van der Waals surface area contributed by atoms with Crippen LogP contribution in [0.3, 0.4) is 0 Å². The quantitative estimate of drug-likeness (QED) is 0.908. The summed E-state index contributed by atoms with van der Waals surface area (Å²) in [5.41, 5.74) is 1.39. The van der Waals surface area contributed by atoms with Gasteiger partial charge in [0.15, 0.2) is 11.5 Å². The Bertz CT molecular complexity index is 662. The van der Waals surface area contributed by atoms with E-state index in [4.69, 9.17) is 9.47 Å². The van der Waals surface area contributed by atoms with Crippen LogP contribution in [0.4, 0.5) is 0 Å². The molecule has 0 spiro atoms. The zero-order valence-corrected chi connectivity index (χ0v) is 14.4. The second-order valence-corrected chi connectivity index (χ2v) is 6.96. The molecule has 1 N–H and O–H groups in total. The standard InChI is InChI=1S/C16H20N2O4S/c1-8(2)17-14(19)10-7-23-16-9-5-6-11(21-3)13(22-4)12(9)15(20)18(10)16/h5-6,8,10,16H,7H2,1-4H3,(H,17,19)/t10-,16-/m0/s1. The Morgan fingerprint density at radius 2 is 2.09 bits per heavy atom. The predicted molar refractivity (Wildman–Crippen MR) is 88.0 cm³/mol. The van der Waals surface area contributed by atoms with Gasteiger partial charge in [0, 0.05) is 17.4 Å². The maximum atomic E-state index is 12.9. The number of benzene rings is 1. The molecule has 2 atom stereocenters. The van der Waals surface area contributed by atoms with Crippen LogP contribution in [0.5, 0.6) is 11.5 Å². The van der Waals surface area contributed by atoms with Gasteiger partial charge in [-0.15, -0.1) is 11.8 Å². The van der Waals surface area contributed by atoms with E-state index in [1.165, 1.54) is 7.11 Å². The largest absolute Gasteiger partial charge is 0.493 e. The van der Waals surface area contributed by atoms with Crippen LogP contribution >= 0.6 is 11.8 Å². The van der Waals surface area contributed by atoms with E-state index >= 15 is 0 Å². The SMILES string of the molecule is COc1ccc2c(c1OC)C(=O)N1[C@H](C(=O)NC(C)C)CS[C@@H]21. The molecule has 1 saturated heterocycles. The average molecular weight is 336 g/mol. The smallest absolute Gasteiger partial charge is 0.260 e. The van der Waals surface area contributed by atoms with Crippen LogP contribution in [0.25, 0.3) is 0 Å². The van der Waals surface area contributed by atoms with Crippen LogP contribution in [0, 0.1) is 0 Å². The van der Waals surface area contributed by atoms with Crippen LogP contribution in [-0.2, 0) is 4.79 Å². The van der Waals surface area contributed by atoms with Gasteiger partial charge >= 0.3 is 0 Å². The summed E-state index contributed by atoms with van der Waals surface area (Å²) in [4.78, 5) is 27.0. The Hall–Kier alpha value is -1.89. The first kappa shape index (κ1) is 16.0. The van der Waals surface area contributed by atoms with Crippen LogP contribution in [0.15, 0.2) is 12.1 Å². The van der Waals surface area contributed by atoms with Gasteiger partial charge in [-0.1, -0.05) is 6.07 Å². The van der Waals surface area contributed by atoms with Gasteiger partial charge in [0.1, 0.15) is 11.4 Å². The van der Waals surface area contributed by atoms with E-state index in [0.717, 1.165) is 5.56 Å². The topological polar surface area (TPSA) is 67.9 Å². The van der Waals surface area contributed by atoms with Crippen LogP contribution < -0.4 is 14.8 Å². The molecular weight excluding hydrogens is 316 g/mol. The third-order valence-corrected chi connectivity index (χ3v) is 5.33. The van der Waals surface area contributed by atoms with Crippen LogP contribution in [-0.4, -0.2) is 48.8 Å². The lowest BCUT2D eigenvalue weighted by atomic mass is 10.1. The van der Waals surface area contributed by atoms with Gasteiger partial charge in [-0.25, -0.2) is 0 Å². The summed E-state index contributed by atoms with van der Waals surface area (Å²) in [5, 5.41) is 2.76. The van der Waals surface area contributed by atoms with Crippen molar-refractivity contribution < 1.29 is 19.1 Å². The molecule has 3 rings (SSSR count). The minimum absolute atomic E-state index is 0.0428. The molecule has 0 saturated carbocycles. The normalized spacial score (nSPS) is 22.1. The number of carbonyl (C=O) groups excluding carboxylic acids is 2. The Balaban J connectivity index is 1.98. The van der Waals surface area contributed by atoms with Gasteiger partial charge in [0.2, 0.25) is 5.91 Å². The van der Waals surface area contributed by atoms with Gasteiger partial charge in [0.25, 0.3) is 5.91 Å². The Labute approximate surface area is 139 Å². The number of fused-ring (bicyclic) bond motifs is 3. The highest BCUT2D eigenvalue weighted by Crippen LogP contribution is 2.52. The molecule has 6 nitrogen and oxygen atoms in total. The van der Waals surface area contributed by atoms with E-state index in [9.17, 15) is 9.59 Å². The predicted octanol–water partition coefficient (Wildman–Crippen LogP) is 1.80. The van der Waals surface area contributed by atoms with E-state index in [2.05, 4.69) is 5.32 Å². The van der Waals surface area contributed by atoms with E-state index < -0.39 is 6.04 Å². The Kier molecular flexibility index (Phi) is 4.14. The van der Waals surface area contributed by atoms with E-state index in [-0.39, 0.29) is 23.2 Å². The number of amides is 2. The molecule has 0 radical (unpaired) electrons. The Morgan fingerprint density at radius 1 is 1.35 bits per heavy atom. The maximum Gasteiger partial charge on any atom is 0.260 e. The highest BCUT2D eigenvalue weighted by Gasteiger charge is 2.50. The van der Waals surface area contributed by atoms with Gasteiger partial charge in [0.05, 0.1) is 19.8 Å². The van der Waals surface area contributed by atoms with Crippen molar-refractivity contribution in [1.82, 2.24) is 10.2 Å². The number of rotatable bonds is 4. The van der Waals surface area contributed by atoms with Gasteiger partial charge in [-0.2, -0.15) is 0 Å². The molecule has 0 unspecified atom stereocenters. The number of hydrogen-bond acceptors (Lipinski definition) is 5. The minimum atomic E-state index is -0.456. The van der Waals surface area contributed by atoms with Crippen molar-refractivity contribution in [1.29, 1.82) is 0 Å². The summed E-state index contributed by atoms with van der Waals surface area (Å²) < 4.78 is 10.7. The van der Waals surface area contributed by atoms with E-state index in [1.807, 2.05) is 19.9 Å². The lowest BCUT2D eigenvalue weighted by Gasteiger charge is -2.23. The Morgan fingerprint density at radius 3 is 2.70 bits per heavy atom. The maximum absolute atomic E-state index is 12.9. The first-order valence-corrected chi connectivity index (χ1v) is 8.54. The lowest BCUT2D eigenvalue weighted by molar-refractivity contribution is -0.125. The van der Waals surface area contributed by atoms with Crippen LogP contribution in [0.1, 0.15) is 35.1 Å². The number of carbonyl (C=O) groups is 2. The molecule has 2 aliphatic rings. The number of ether oxygens (including phenoxy) is 2. The van der Waals surface area contributed by atoms with Crippen molar-refractivity contribution in [3.05, 3.63) is 23.3 Å². The molecule has 0 bridgehead atoms. The molecule has 0 aromatic heterocycles. The summed E-state index contributed by atoms with van der Waals surface area (Å²) in [6.07, 6.45) is 0. The number of nitrogens with one attached hydrogen (secondary N) is 1. The molecule has 1 fully saturated rings. The molecule has 124 valence electrons. The summed E-state index contributed by atoms with van der Waals surface area (Å²) in [6.45, 7) is 3.82. The third-order valence-electron chi connectivity index (χ3n) is 4.03. The van der Waals surface area contributed by atoms with Gasteiger partial charge in [-0.05, 0) is 19.9 Å². The van der Waals surface area contributed by atoms with Crippen molar-refractivity contribution in [3.63, 3.8) is 0 Å². The molecule has 2 heterocycles. The first-order valence-electron chi connectivity index (χ1n) is 7.49. The molecule has 1 aromatic rings. The average Bonchev–Trinajstić information content (AvgIpc) is 3.06. The first-order chi connectivity index (χ1) is 11.0. The number of thioether (sulfide) groups is 1. The van der Waals surface area contributed by atoms with Crippen molar-refractivity contribution in [2.24, 2.45) is 0 Å². The van der Waals surface area contributed by atoms with Gasteiger partial charge in [-0.3, -0.25) is 9.59 Å². The van der Waals surface area contributed by atoms with E-state index in [0.29, 0.717) is 22.8 Å². The number of hydrogen-bond donors (Lipinski definition) is 1. The summed E-state index contributed by atoms with van der Waals surface area (Å²) in [6, 6.07) is 3.27.